The van der Waals surface area contributed by atoms with Crippen molar-refractivity contribution in [2.75, 3.05) is 12.3 Å². The number of aromatic nitrogens is 1. The molecule has 92 valence electrons. The lowest BCUT2D eigenvalue weighted by atomic mass is 10.2. The molecule has 1 aromatic rings. The first-order chi connectivity index (χ1) is 8.10. The number of nitrogens with two attached hydrogens (primary N) is 1. The summed E-state index contributed by atoms with van der Waals surface area (Å²) in [6.45, 7) is 1.85. The van der Waals surface area contributed by atoms with Gasteiger partial charge in [-0.2, -0.15) is 0 Å². The maximum Gasteiger partial charge on any atom is 0.152 e. The van der Waals surface area contributed by atoms with E-state index < -0.39 is 0 Å². The Morgan fingerprint density at radius 2 is 2.35 bits per heavy atom. The Bertz CT molecular complexity index is 407. The molecule has 0 aliphatic rings. The van der Waals surface area contributed by atoms with Crippen LogP contribution in [0.4, 0.5) is 5.82 Å². The molecule has 0 saturated heterocycles. The van der Waals surface area contributed by atoms with E-state index in [0.29, 0.717) is 17.9 Å². The number of nitrogens with one attached hydrogen (secondary N) is 2. The minimum atomic E-state index is -0.131. The van der Waals surface area contributed by atoms with Crippen LogP contribution >= 0.6 is 0 Å². The fourth-order valence-corrected chi connectivity index (χ4v) is 1.45. The molecule has 1 unspecified atom stereocenters. The topological polar surface area (TPSA) is 110 Å². The van der Waals surface area contributed by atoms with Crippen molar-refractivity contribution in [3.05, 3.63) is 23.9 Å². The summed E-state index contributed by atoms with van der Waals surface area (Å²) < 4.78 is 0. The molecule has 0 amide bonds. The molecule has 0 spiro atoms. The molecular formula is C11H17N5O. The standard InChI is InChI=1S/C11H17N5O/c1-8(5-6-17)16(7-12)11(14)9-3-2-4-10(13)15-9/h2-4,7-8,12,14,17H,5-6H2,1H3,(H2,13,15). The minimum Gasteiger partial charge on any atom is -0.396 e. The summed E-state index contributed by atoms with van der Waals surface area (Å²) in [4.78, 5) is 5.47. The highest BCUT2D eigenvalue weighted by molar-refractivity contribution is 6.01. The van der Waals surface area contributed by atoms with E-state index in [1.54, 1.807) is 18.2 Å². The van der Waals surface area contributed by atoms with Gasteiger partial charge < -0.3 is 15.7 Å². The third-order valence-corrected chi connectivity index (χ3v) is 2.43. The van der Waals surface area contributed by atoms with Crippen LogP contribution in [0.1, 0.15) is 19.0 Å². The summed E-state index contributed by atoms with van der Waals surface area (Å²) in [7, 11) is 0. The number of aliphatic hydroxyl groups excluding tert-OH is 1. The van der Waals surface area contributed by atoms with Crippen molar-refractivity contribution in [1.82, 2.24) is 9.88 Å². The molecule has 0 aliphatic heterocycles. The first-order valence-electron chi connectivity index (χ1n) is 5.31. The molecule has 17 heavy (non-hydrogen) atoms. The van der Waals surface area contributed by atoms with Gasteiger partial charge in [0.15, 0.2) is 5.84 Å². The van der Waals surface area contributed by atoms with Gasteiger partial charge in [-0.05, 0) is 25.5 Å². The highest BCUT2D eigenvalue weighted by atomic mass is 16.3. The van der Waals surface area contributed by atoms with Gasteiger partial charge in [0.05, 0.1) is 6.34 Å². The van der Waals surface area contributed by atoms with E-state index >= 15 is 0 Å². The predicted molar refractivity (Wildman–Crippen MR) is 67.3 cm³/mol. The average Bonchev–Trinajstić information content (AvgIpc) is 2.30. The number of hydrogen-bond donors (Lipinski definition) is 4. The monoisotopic (exact) mass is 235 g/mol. The predicted octanol–water partition coefficient (Wildman–Crippen LogP) is 0.669. The van der Waals surface area contributed by atoms with Crippen LogP contribution in [0.5, 0.6) is 0 Å². The lowest BCUT2D eigenvalue weighted by Gasteiger charge is -2.26. The quantitative estimate of drug-likeness (QED) is 0.444. The number of rotatable bonds is 5. The lowest BCUT2D eigenvalue weighted by Crippen LogP contribution is -2.38. The molecule has 1 aromatic heterocycles. The maximum absolute atomic E-state index is 8.87. The van der Waals surface area contributed by atoms with Crippen LogP contribution < -0.4 is 5.73 Å². The van der Waals surface area contributed by atoms with Crippen molar-refractivity contribution in [2.45, 2.75) is 19.4 Å². The van der Waals surface area contributed by atoms with Gasteiger partial charge >= 0.3 is 0 Å². The zero-order chi connectivity index (χ0) is 12.8. The van der Waals surface area contributed by atoms with Crippen LogP contribution in [-0.4, -0.2) is 39.8 Å². The van der Waals surface area contributed by atoms with Gasteiger partial charge in [0, 0.05) is 12.6 Å². The summed E-state index contributed by atoms with van der Waals surface area (Å²) in [5.41, 5.74) is 5.96. The Morgan fingerprint density at radius 3 is 2.88 bits per heavy atom. The van der Waals surface area contributed by atoms with E-state index in [1.807, 2.05) is 6.92 Å². The number of amidine groups is 1. The van der Waals surface area contributed by atoms with Crippen LogP contribution in [0.3, 0.4) is 0 Å². The van der Waals surface area contributed by atoms with E-state index in [0.717, 1.165) is 6.34 Å². The zero-order valence-electron chi connectivity index (χ0n) is 9.72. The molecule has 0 fully saturated rings. The molecule has 0 aliphatic carbocycles. The Kier molecular flexibility index (Phi) is 4.59. The molecule has 1 atom stereocenters. The van der Waals surface area contributed by atoms with Gasteiger partial charge in [-0.25, -0.2) is 4.98 Å². The van der Waals surface area contributed by atoms with Gasteiger partial charge in [0.2, 0.25) is 0 Å². The second-order valence-corrected chi connectivity index (χ2v) is 3.69. The fraction of sp³-hybridized carbons (Fsp3) is 0.364. The van der Waals surface area contributed by atoms with Gasteiger partial charge in [-0.1, -0.05) is 6.07 Å². The summed E-state index contributed by atoms with van der Waals surface area (Å²) in [6, 6.07) is 4.89. The van der Waals surface area contributed by atoms with Crippen molar-refractivity contribution in [3.63, 3.8) is 0 Å². The molecule has 1 rings (SSSR count). The van der Waals surface area contributed by atoms with Gasteiger partial charge in [0.25, 0.3) is 0 Å². The smallest absolute Gasteiger partial charge is 0.152 e. The largest absolute Gasteiger partial charge is 0.396 e. The highest BCUT2D eigenvalue weighted by Gasteiger charge is 2.17. The van der Waals surface area contributed by atoms with Crippen molar-refractivity contribution >= 4 is 18.0 Å². The molecule has 6 nitrogen and oxygen atoms in total. The third-order valence-electron chi connectivity index (χ3n) is 2.43. The summed E-state index contributed by atoms with van der Waals surface area (Å²) in [6.07, 6.45) is 1.55. The first kappa shape index (κ1) is 13.1. The Hall–Kier alpha value is -1.95. The number of hydrogen-bond acceptors (Lipinski definition) is 5. The molecule has 0 radical (unpaired) electrons. The van der Waals surface area contributed by atoms with E-state index in [1.165, 1.54) is 4.90 Å². The number of nitrogens with zero attached hydrogens (tertiary/aromatic N) is 2. The normalized spacial score (nSPS) is 11.9. The van der Waals surface area contributed by atoms with E-state index in [2.05, 4.69) is 4.98 Å². The second kappa shape index (κ2) is 5.95. The van der Waals surface area contributed by atoms with Crippen LogP contribution in [0.25, 0.3) is 0 Å². The number of aliphatic hydroxyl groups is 1. The second-order valence-electron chi connectivity index (χ2n) is 3.69. The molecule has 1 heterocycles. The Morgan fingerprint density at radius 1 is 1.65 bits per heavy atom. The van der Waals surface area contributed by atoms with E-state index in [4.69, 9.17) is 21.7 Å². The van der Waals surface area contributed by atoms with Crippen LogP contribution in [0, 0.1) is 10.8 Å². The Labute approximate surface area is 100 Å². The van der Waals surface area contributed by atoms with E-state index in [9.17, 15) is 0 Å². The number of anilines is 1. The average molecular weight is 235 g/mol. The number of nitrogen functional groups attached to an aromatic ring is 1. The summed E-state index contributed by atoms with van der Waals surface area (Å²) in [5.74, 6) is 0.445. The minimum absolute atomic E-state index is 0.0170. The van der Waals surface area contributed by atoms with Crippen LogP contribution in [0.2, 0.25) is 0 Å². The van der Waals surface area contributed by atoms with E-state index in [-0.39, 0.29) is 18.5 Å². The maximum atomic E-state index is 8.87. The molecule has 0 aromatic carbocycles. The first-order valence-corrected chi connectivity index (χ1v) is 5.31. The lowest BCUT2D eigenvalue weighted by molar-refractivity contribution is 0.257. The van der Waals surface area contributed by atoms with Crippen LogP contribution in [0.15, 0.2) is 18.2 Å². The van der Waals surface area contributed by atoms with Crippen LogP contribution in [-0.2, 0) is 0 Å². The summed E-state index contributed by atoms with van der Waals surface area (Å²) in [5, 5.41) is 24.2. The Balaban J connectivity index is 2.90. The molecule has 5 N–H and O–H groups in total. The van der Waals surface area contributed by atoms with Gasteiger partial charge in [-0.15, -0.1) is 0 Å². The SMILES string of the molecule is CC(CCO)N(C=N)C(=N)c1cccc(N)n1. The van der Waals surface area contributed by atoms with Crippen molar-refractivity contribution in [1.29, 1.82) is 10.8 Å². The molecule has 0 saturated carbocycles. The fourth-order valence-electron chi connectivity index (χ4n) is 1.45. The molecular weight excluding hydrogens is 218 g/mol. The number of pyridine rings is 1. The molecule has 6 heteroatoms. The van der Waals surface area contributed by atoms with Crippen molar-refractivity contribution in [2.24, 2.45) is 0 Å². The molecule has 0 bridgehead atoms. The van der Waals surface area contributed by atoms with Gasteiger partial charge in [0.1, 0.15) is 11.5 Å². The third kappa shape index (κ3) is 3.25. The van der Waals surface area contributed by atoms with Crippen molar-refractivity contribution < 1.29 is 5.11 Å². The highest BCUT2D eigenvalue weighted by Crippen LogP contribution is 2.08. The zero-order valence-corrected chi connectivity index (χ0v) is 9.72. The van der Waals surface area contributed by atoms with Crippen molar-refractivity contribution in [3.8, 4) is 0 Å². The summed E-state index contributed by atoms with van der Waals surface area (Å²) >= 11 is 0. The van der Waals surface area contributed by atoms with Gasteiger partial charge in [-0.3, -0.25) is 10.8 Å².